The Balaban J connectivity index is 1.73. The van der Waals surface area contributed by atoms with Crippen LogP contribution in [0.1, 0.15) is 28.1 Å². The van der Waals surface area contributed by atoms with Crippen LogP contribution in [0.4, 0.5) is 0 Å². The predicted molar refractivity (Wildman–Crippen MR) is 85.0 cm³/mol. The second-order valence-electron chi connectivity index (χ2n) is 5.71. The van der Waals surface area contributed by atoms with E-state index in [4.69, 9.17) is 14.3 Å². The fraction of sp³-hybridized carbons (Fsp3) is 0.389. The molecule has 1 aliphatic rings. The van der Waals surface area contributed by atoms with E-state index >= 15 is 0 Å². The van der Waals surface area contributed by atoms with E-state index in [0.29, 0.717) is 31.1 Å². The summed E-state index contributed by atoms with van der Waals surface area (Å²) in [5.74, 6) is 0.332. The first-order valence-corrected chi connectivity index (χ1v) is 7.89. The molecule has 1 N–H and O–H groups in total. The van der Waals surface area contributed by atoms with Gasteiger partial charge in [-0.2, -0.15) is 0 Å². The Morgan fingerprint density at radius 2 is 2.13 bits per heavy atom. The number of carbonyl (C=O) groups is 1. The lowest BCUT2D eigenvalue weighted by Gasteiger charge is -2.27. The topological polar surface area (TPSA) is 62.9 Å². The lowest BCUT2D eigenvalue weighted by Crippen LogP contribution is -2.42. The molecule has 23 heavy (non-hydrogen) atoms. The van der Waals surface area contributed by atoms with Crippen LogP contribution in [-0.4, -0.2) is 41.7 Å². The number of aliphatic hydroxyl groups is 1. The van der Waals surface area contributed by atoms with E-state index in [-0.39, 0.29) is 18.6 Å². The smallest absolute Gasteiger partial charge is 0.257 e. The Morgan fingerprint density at radius 3 is 2.78 bits per heavy atom. The summed E-state index contributed by atoms with van der Waals surface area (Å²) in [4.78, 5) is 14.7. The number of nitrogens with zero attached hydrogens (tertiary/aromatic N) is 1. The molecule has 0 radical (unpaired) electrons. The molecule has 1 atom stereocenters. The molecule has 0 bridgehead atoms. The Bertz CT molecular complexity index is 631. The first kappa shape index (κ1) is 15.8. The zero-order valence-electron chi connectivity index (χ0n) is 13.0. The van der Waals surface area contributed by atoms with E-state index in [1.54, 1.807) is 6.07 Å². The number of aliphatic hydroxyl groups excluding tert-OH is 1. The van der Waals surface area contributed by atoms with E-state index in [0.717, 1.165) is 12.8 Å². The fourth-order valence-electron chi connectivity index (χ4n) is 2.85. The molecule has 5 nitrogen and oxygen atoms in total. The van der Waals surface area contributed by atoms with Gasteiger partial charge < -0.3 is 19.2 Å². The summed E-state index contributed by atoms with van der Waals surface area (Å²) in [6.07, 6.45) is 3.07. The highest BCUT2D eigenvalue weighted by atomic mass is 16.5. The van der Waals surface area contributed by atoms with Crippen LogP contribution in [0.2, 0.25) is 0 Å². The SMILES string of the molecule is O=C(c1coc(CO)c1)N(CCc1ccccc1)C1CCOC1. The molecule has 122 valence electrons. The van der Waals surface area contributed by atoms with E-state index in [9.17, 15) is 4.79 Å². The zero-order valence-corrected chi connectivity index (χ0v) is 13.0. The quantitative estimate of drug-likeness (QED) is 0.888. The maximum absolute atomic E-state index is 12.8. The van der Waals surface area contributed by atoms with Gasteiger partial charge in [0.15, 0.2) is 0 Å². The third-order valence-corrected chi connectivity index (χ3v) is 4.15. The van der Waals surface area contributed by atoms with Gasteiger partial charge in [-0.3, -0.25) is 4.79 Å². The first-order valence-electron chi connectivity index (χ1n) is 7.89. The van der Waals surface area contributed by atoms with Gasteiger partial charge in [-0.15, -0.1) is 0 Å². The summed E-state index contributed by atoms with van der Waals surface area (Å²) in [7, 11) is 0. The highest BCUT2D eigenvalue weighted by Crippen LogP contribution is 2.18. The summed E-state index contributed by atoms with van der Waals surface area (Å²) in [5, 5.41) is 9.10. The number of carbonyl (C=O) groups excluding carboxylic acids is 1. The van der Waals surface area contributed by atoms with Crippen molar-refractivity contribution in [3.63, 3.8) is 0 Å². The van der Waals surface area contributed by atoms with E-state index in [1.165, 1.54) is 11.8 Å². The Kier molecular flexibility index (Phi) is 5.10. The summed E-state index contributed by atoms with van der Waals surface area (Å²) >= 11 is 0. The number of hydrogen-bond acceptors (Lipinski definition) is 4. The third-order valence-electron chi connectivity index (χ3n) is 4.15. The minimum Gasteiger partial charge on any atom is -0.466 e. The third kappa shape index (κ3) is 3.81. The largest absolute Gasteiger partial charge is 0.466 e. The molecule has 1 aliphatic heterocycles. The van der Waals surface area contributed by atoms with Crippen molar-refractivity contribution in [2.75, 3.05) is 19.8 Å². The molecular weight excluding hydrogens is 294 g/mol. The maximum Gasteiger partial charge on any atom is 0.257 e. The molecule has 2 heterocycles. The summed E-state index contributed by atoms with van der Waals surface area (Å²) in [6.45, 7) is 1.69. The van der Waals surface area contributed by atoms with Crippen LogP contribution in [0.25, 0.3) is 0 Å². The standard InChI is InChI=1S/C18H21NO4/c20-11-17-10-15(12-23-17)18(21)19(16-7-9-22-13-16)8-6-14-4-2-1-3-5-14/h1-5,10,12,16,20H,6-9,11,13H2. The Morgan fingerprint density at radius 1 is 1.30 bits per heavy atom. The van der Waals surface area contributed by atoms with Gasteiger partial charge in [-0.1, -0.05) is 30.3 Å². The van der Waals surface area contributed by atoms with Crippen molar-refractivity contribution in [3.05, 3.63) is 59.5 Å². The first-order chi connectivity index (χ1) is 11.3. The molecule has 0 saturated carbocycles. The van der Waals surface area contributed by atoms with Crippen LogP contribution in [0, 0.1) is 0 Å². The second kappa shape index (κ2) is 7.44. The minimum atomic E-state index is -0.205. The maximum atomic E-state index is 12.8. The number of furan rings is 1. The Hall–Kier alpha value is -2.11. The molecule has 5 heteroatoms. The van der Waals surface area contributed by atoms with Gasteiger partial charge in [0.05, 0.1) is 18.2 Å². The molecule has 1 fully saturated rings. The van der Waals surface area contributed by atoms with Gasteiger partial charge in [0.25, 0.3) is 5.91 Å². The highest BCUT2D eigenvalue weighted by molar-refractivity contribution is 5.94. The van der Waals surface area contributed by atoms with Crippen molar-refractivity contribution >= 4 is 5.91 Å². The van der Waals surface area contributed by atoms with Gasteiger partial charge >= 0.3 is 0 Å². The molecule has 3 rings (SSSR count). The molecule has 1 saturated heterocycles. The lowest BCUT2D eigenvalue weighted by atomic mass is 10.1. The van der Waals surface area contributed by atoms with Gasteiger partial charge in [-0.25, -0.2) is 0 Å². The lowest BCUT2D eigenvalue weighted by molar-refractivity contribution is 0.0655. The van der Waals surface area contributed by atoms with Crippen LogP contribution < -0.4 is 0 Å². The molecular formula is C18H21NO4. The van der Waals surface area contributed by atoms with Gasteiger partial charge in [-0.05, 0) is 24.5 Å². The molecule has 2 aromatic rings. The number of ether oxygens (including phenoxy) is 1. The number of benzene rings is 1. The molecule has 1 aromatic heterocycles. The Labute approximate surface area is 135 Å². The van der Waals surface area contributed by atoms with Crippen molar-refractivity contribution in [3.8, 4) is 0 Å². The number of amides is 1. The number of hydrogen-bond donors (Lipinski definition) is 1. The van der Waals surface area contributed by atoms with Gasteiger partial charge in [0.1, 0.15) is 18.6 Å². The normalized spacial score (nSPS) is 17.3. The van der Waals surface area contributed by atoms with E-state index in [2.05, 4.69) is 12.1 Å². The fourth-order valence-corrected chi connectivity index (χ4v) is 2.85. The molecule has 1 aromatic carbocycles. The van der Waals surface area contributed by atoms with Crippen molar-refractivity contribution in [1.29, 1.82) is 0 Å². The van der Waals surface area contributed by atoms with Crippen molar-refractivity contribution in [2.45, 2.75) is 25.5 Å². The monoisotopic (exact) mass is 315 g/mol. The molecule has 1 amide bonds. The zero-order chi connectivity index (χ0) is 16.1. The van der Waals surface area contributed by atoms with Gasteiger partial charge in [0.2, 0.25) is 0 Å². The van der Waals surface area contributed by atoms with Crippen LogP contribution in [-0.2, 0) is 17.8 Å². The second-order valence-corrected chi connectivity index (χ2v) is 5.71. The van der Waals surface area contributed by atoms with Crippen LogP contribution in [0.15, 0.2) is 47.1 Å². The van der Waals surface area contributed by atoms with E-state index in [1.807, 2.05) is 23.1 Å². The summed E-state index contributed by atoms with van der Waals surface area (Å²) < 4.78 is 10.6. The highest BCUT2D eigenvalue weighted by Gasteiger charge is 2.28. The molecule has 1 unspecified atom stereocenters. The van der Waals surface area contributed by atoms with Crippen LogP contribution in [0.3, 0.4) is 0 Å². The van der Waals surface area contributed by atoms with E-state index < -0.39 is 0 Å². The van der Waals surface area contributed by atoms with Crippen molar-refractivity contribution in [2.24, 2.45) is 0 Å². The summed E-state index contributed by atoms with van der Waals surface area (Å²) in [5.41, 5.74) is 1.68. The minimum absolute atomic E-state index is 0.0696. The average Bonchev–Trinajstić information content (AvgIpc) is 3.27. The molecule has 0 spiro atoms. The summed E-state index contributed by atoms with van der Waals surface area (Å²) in [6, 6.07) is 11.8. The molecule has 0 aliphatic carbocycles. The van der Waals surface area contributed by atoms with Crippen molar-refractivity contribution < 1.29 is 19.1 Å². The van der Waals surface area contributed by atoms with Gasteiger partial charge in [0, 0.05) is 13.2 Å². The number of rotatable bonds is 6. The van der Waals surface area contributed by atoms with Crippen LogP contribution >= 0.6 is 0 Å². The predicted octanol–water partition coefficient (Wildman–Crippen LogP) is 2.25. The average molecular weight is 315 g/mol. The van der Waals surface area contributed by atoms with Crippen LogP contribution in [0.5, 0.6) is 0 Å². The van der Waals surface area contributed by atoms with Crippen molar-refractivity contribution in [1.82, 2.24) is 4.90 Å².